The van der Waals surface area contributed by atoms with Crippen LogP contribution < -0.4 is 15.2 Å². The van der Waals surface area contributed by atoms with Crippen LogP contribution in [0.1, 0.15) is 16.7 Å². The molecule has 0 aliphatic carbocycles. The molecule has 0 bridgehead atoms. The predicted molar refractivity (Wildman–Crippen MR) is 84.0 cm³/mol. The summed E-state index contributed by atoms with van der Waals surface area (Å²) in [6, 6.07) is 14.4. The molecule has 0 amide bonds. The Morgan fingerprint density at radius 3 is 2.90 bits per heavy atom. The first kappa shape index (κ1) is 14.0. The van der Waals surface area contributed by atoms with E-state index in [4.69, 9.17) is 15.2 Å². The van der Waals surface area contributed by atoms with Crippen molar-refractivity contribution >= 4 is 0 Å². The van der Waals surface area contributed by atoms with Crippen molar-refractivity contribution in [2.24, 2.45) is 5.73 Å². The lowest BCUT2D eigenvalue weighted by atomic mass is 10.1. The molecule has 0 radical (unpaired) electrons. The van der Waals surface area contributed by atoms with E-state index in [-0.39, 0.29) is 6.10 Å². The molecule has 1 heterocycles. The quantitative estimate of drug-likeness (QED) is 0.917. The van der Waals surface area contributed by atoms with Crippen LogP contribution in [0.3, 0.4) is 0 Å². The van der Waals surface area contributed by atoms with Gasteiger partial charge in [0.05, 0.1) is 0 Å². The van der Waals surface area contributed by atoms with Gasteiger partial charge >= 0.3 is 0 Å². The molecule has 3 nitrogen and oxygen atoms in total. The van der Waals surface area contributed by atoms with Crippen LogP contribution in [0.2, 0.25) is 0 Å². The summed E-state index contributed by atoms with van der Waals surface area (Å²) in [6.45, 7) is 3.28. The highest BCUT2D eigenvalue weighted by Crippen LogP contribution is 2.29. The molecule has 1 aliphatic rings. The molecule has 2 N–H and O–H groups in total. The van der Waals surface area contributed by atoms with Gasteiger partial charge in [-0.15, -0.1) is 0 Å². The molecule has 0 aromatic heterocycles. The van der Waals surface area contributed by atoms with Crippen LogP contribution >= 0.6 is 0 Å². The molecule has 110 valence electrons. The van der Waals surface area contributed by atoms with Crippen LogP contribution in [0.5, 0.6) is 11.5 Å². The molecule has 21 heavy (non-hydrogen) atoms. The minimum atomic E-state index is 0.0921. The summed E-state index contributed by atoms with van der Waals surface area (Å²) in [7, 11) is 0. The molecule has 3 heteroatoms. The second kappa shape index (κ2) is 6.19. The highest BCUT2D eigenvalue weighted by molar-refractivity contribution is 5.38. The van der Waals surface area contributed by atoms with Gasteiger partial charge in [0.1, 0.15) is 24.2 Å². The van der Waals surface area contributed by atoms with E-state index in [9.17, 15) is 0 Å². The van der Waals surface area contributed by atoms with Crippen molar-refractivity contribution in [3.8, 4) is 11.5 Å². The van der Waals surface area contributed by atoms with Crippen molar-refractivity contribution in [2.75, 3.05) is 13.2 Å². The smallest absolute Gasteiger partial charge is 0.137 e. The van der Waals surface area contributed by atoms with Gasteiger partial charge in [-0.1, -0.05) is 35.9 Å². The lowest BCUT2D eigenvalue weighted by Gasteiger charge is -2.15. The number of benzene rings is 2. The fourth-order valence-corrected chi connectivity index (χ4v) is 2.73. The van der Waals surface area contributed by atoms with Gasteiger partial charge in [0.2, 0.25) is 0 Å². The van der Waals surface area contributed by atoms with E-state index >= 15 is 0 Å². The third-order valence-electron chi connectivity index (χ3n) is 3.77. The standard InChI is InChI=1S/C18H21NO2/c1-13-6-7-17(15(10-13)8-9-19)20-12-16-11-14-4-2-3-5-18(14)21-16/h2-7,10,16H,8-9,11-12,19H2,1H3. The maximum absolute atomic E-state index is 5.98. The van der Waals surface area contributed by atoms with Crippen molar-refractivity contribution in [2.45, 2.75) is 25.9 Å². The Morgan fingerprint density at radius 2 is 2.10 bits per heavy atom. The van der Waals surface area contributed by atoms with Gasteiger partial charge in [0.25, 0.3) is 0 Å². The van der Waals surface area contributed by atoms with Crippen molar-refractivity contribution in [1.82, 2.24) is 0 Å². The first-order valence-corrected chi connectivity index (χ1v) is 7.43. The number of para-hydroxylation sites is 1. The molecular weight excluding hydrogens is 262 g/mol. The van der Waals surface area contributed by atoms with E-state index in [2.05, 4.69) is 25.1 Å². The number of rotatable bonds is 5. The van der Waals surface area contributed by atoms with Crippen molar-refractivity contribution < 1.29 is 9.47 Å². The monoisotopic (exact) mass is 283 g/mol. The molecule has 0 saturated heterocycles. The molecule has 0 spiro atoms. The summed E-state index contributed by atoms with van der Waals surface area (Å²) in [4.78, 5) is 0. The Balaban J connectivity index is 1.64. The van der Waals surface area contributed by atoms with E-state index in [1.165, 1.54) is 16.7 Å². The minimum Gasteiger partial charge on any atom is -0.489 e. The Bertz CT molecular complexity index is 599. The average Bonchev–Trinajstić information content (AvgIpc) is 2.89. The van der Waals surface area contributed by atoms with Crippen molar-refractivity contribution in [3.05, 3.63) is 59.2 Å². The maximum Gasteiger partial charge on any atom is 0.137 e. The Labute approximate surface area is 125 Å². The third kappa shape index (κ3) is 3.19. The SMILES string of the molecule is Cc1ccc(OCC2Cc3ccccc3O2)c(CCN)c1. The summed E-state index contributed by atoms with van der Waals surface area (Å²) in [5.41, 5.74) is 9.34. The molecule has 1 unspecified atom stereocenters. The van der Waals surface area contributed by atoms with Gasteiger partial charge in [0, 0.05) is 6.42 Å². The second-order valence-electron chi connectivity index (χ2n) is 5.51. The van der Waals surface area contributed by atoms with Crippen LogP contribution in [0.25, 0.3) is 0 Å². The first-order chi connectivity index (χ1) is 10.3. The highest BCUT2D eigenvalue weighted by Gasteiger charge is 2.23. The minimum absolute atomic E-state index is 0.0921. The van der Waals surface area contributed by atoms with E-state index < -0.39 is 0 Å². The number of ether oxygens (including phenoxy) is 2. The lowest BCUT2D eigenvalue weighted by molar-refractivity contribution is 0.148. The zero-order valence-corrected chi connectivity index (χ0v) is 12.3. The molecule has 0 saturated carbocycles. The molecule has 3 rings (SSSR count). The van der Waals surface area contributed by atoms with Gasteiger partial charge in [-0.25, -0.2) is 0 Å². The molecular formula is C18H21NO2. The Kier molecular flexibility index (Phi) is 4.11. The van der Waals surface area contributed by atoms with Crippen LogP contribution in [0.15, 0.2) is 42.5 Å². The summed E-state index contributed by atoms with van der Waals surface area (Å²) < 4.78 is 11.9. The normalized spacial score (nSPS) is 16.4. The highest BCUT2D eigenvalue weighted by atomic mass is 16.5. The molecule has 0 fully saturated rings. The zero-order valence-electron chi connectivity index (χ0n) is 12.3. The Hall–Kier alpha value is -2.00. The molecule has 1 atom stereocenters. The van der Waals surface area contributed by atoms with Crippen LogP contribution in [-0.2, 0) is 12.8 Å². The van der Waals surface area contributed by atoms with Crippen LogP contribution in [0.4, 0.5) is 0 Å². The summed E-state index contributed by atoms with van der Waals surface area (Å²) in [6.07, 6.45) is 1.84. The van der Waals surface area contributed by atoms with Crippen LogP contribution in [0, 0.1) is 6.92 Å². The predicted octanol–water partition coefficient (Wildman–Crippen LogP) is 2.88. The summed E-state index contributed by atoms with van der Waals surface area (Å²) in [5.74, 6) is 1.91. The summed E-state index contributed by atoms with van der Waals surface area (Å²) in [5, 5.41) is 0. The Morgan fingerprint density at radius 1 is 1.24 bits per heavy atom. The molecule has 2 aromatic rings. The van der Waals surface area contributed by atoms with Crippen LogP contribution in [-0.4, -0.2) is 19.3 Å². The number of fused-ring (bicyclic) bond motifs is 1. The van der Waals surface area contributed by atoms with E-state index in [0.29, 0.717) is 13.2 Å². The van der Waals surface area contributed by atoms with Crippen molar-refractivity contribution in [1.29, 1.82) is 0 Å². The number of nitrogens with two attached hydrogens (primary N) is 1. The van der Waals surface area contributed by atoms with E-state index in [0.717, 1.165) is 24.3 Å². The van der Waals surface area contributed by atoms with Gasteiger partial charge in [0.15, 0.2) is 0 Å². The molecule has 2 aromatic carbocycles. The zero-order chi connectivity index (χ0) is 14.7. The number of hydrogen-bond acceptors (Lipinski definition) is 3. The number of aryl methyl sites for hydroxylation is 1. The maximum atomic E-state index is 5.98. The first-order valence-electron chi connectivity index (χ1n) is 7.43. The average molecular weight is 283 g/mol. The second-order valence-corrected chi connectivity index (χ2v) is 5.51. The summed E-state index contributed by atoms with van der Waals surface area (Å²) >= 11 is 0. The van der Waals surface area contributed by atoms with E-state index in [1.54, 1.807) is 0 Å². The van der Waals surface area contributed by atoms with E-state index in [1.807, 2.05) is 24.3 Å². The fourth-order valence-electron chi connectivity index (χ4n) is 2.73. The lowest BCUT2D eigenvalue weighted by Crippen LogP contribution is -2.22. The van der Waals surface area contributed by atoms with Gasteiger partial charge in [-0.3, -0.25) is 0 Å². The number of hydrogen-bond donors (Lipinski definition) is 1. The third-order valence-corrected chi connectivity index (χ3v) is 3.77. The van der Waals surface area contributed by atoms with Gasteiger partial charge < -0.3 is 15.2 Å². The molecule has 1 aliphatic heterocycles. The largest absolute Gasteiger partial charge is 0.489 e. The van der Waals surface area contributed by atoms with Crippen molar-refractivity contribution in [3.63, 3.8) is 0 Å². The van der Waals surface area contributed by atoms with Gasteiger partial charge in [-0.05, 0) is 43.1 Å². The topological polar surface area (TPSA) is 44.5 Å². The fraction of sp³-hybridized carbons (Fsp3) is 0.333. The van der Waals surface area contributed by atoms with Gasteiger partial charge in [-0.2, -0.15) is 0 Å².